The van der Waals surface area contributed by atoms with E-state index < -0.39 is 24.1 Å². The van der Waals surface area contributed by atoms with Crippen molar-refractivity contribution in [2.45, 2.75) is 32.0 Å². The van der Waals surface area contributed by atoms with Gasteiger partial charge in [0.05, 0.1) is 17.4 Å². The number of carboxylic acids is 1. The molecular formula is C22H21N3O4. The summed E-state index contributed by atoms with van der Waals surface area (Å²) in [6.07, 6.45) is -0.275. The number of carboxylic acid groups (broad SMARTS) is 1. The van der Waals surface area contributed by atoms with Crippen molar-refractivity contribution in [1.82, 2.24) is 10.3 Å². The molecule has 1 aliphatic heterocycles. The number of carbonyl (C=O) groups excluding carboxylic acids is 1. The Kier molecular flexibility index (Phi) is 5.03. The van der Waals surface area contributed by atoms with Crippen LogP contribution in [-0.2, 0) is 22.6 Å². The minimum atomic E-state index is -0.989. The summed E-state index contributed by atoms with van der Waals surface area (Å²) in [6.45, 7) is 1.92. The van der Waals surface area contributed by atoms with E-state index in [0.717, 1.165) is 27.7 Å². The molecule has 29 heavy (non-hydrogen) atoms. The first-order valence-electron chi connectivity index (χ1n) is 9.40. The first-order valence-corrected chi connectivity index (χ1v) is 9.40. The van der Waals surface area contributed by atoms with Gasteiger partial charge in [-0.25, -0.2) is 9.59 Å². The number of amides is 1. The van der Waals surface area contributed by atoms with Crippen molar-refractivity contribution in [3.05, 3.63) is 71.4 Å². The van der Waals surface area contributed by atoms with E-state index >= 15 is 0 Å². The Labute approximate surface area is 167 Å². The second kappa shape index (κ2) is 7.79. The number of nitrogens with zero attached hydrogens (tertiary/aromatic N) is 1. The molecule has 148 valence electrons. The van der Waals surface area contributed by atoms with Crippen LogP contribution < -0.4 is 5.32 Å². The Bertz CT molecular complexity index is 1090. The van der Waals surface area contributed by atoms with Gasteiger partial charge in [0.1, 0.15) is 6.61 Å². The van der Waals surface area contributed by atoms with Gasteiger partial charge >= 0.3 is 12.1 Å². The number of aliphatic carboxylic acids is 1. The predicted octanol–water partition coefficient (Wildman–Crippen LogP) is 3.28. The van der Waals surface area contributed by atoms with Crippen LogP contribution >= 0.6 is 0 Å². The molecule has 2 aromatic carbocycles. The third-order valence-electron chi connectivity index (χ3n) is 5.00. The second-order valence-electron chi connectivity index (χ2n) is 7.02. The molecule has 1 aromatic heterocycles. The number of ether oxygens (including phenoxy) is 1. The number of H-pyrrole nitrogens is 1. The Balaban J connectivity index is 1.55. The van der Waals surface area contributed by atoms with E-state index in [1.54, 1.807) is 6.92 Å². The predicted molar refractivity (Wildman–Crippen MR) is 109 cm³/mol. The Morgan fingerprint density at radius 2 is 1.93 bits per heavy atom. The summed E-state index contributed by atoms with van der Waals surface area (Å²) < 4.78 is 5.28. The lowest BCUT2D eigenvalue weighted by molar-refractivity contribution is -0.138. The highest BCUT2D eigenvalue weighted by Crippen LogP contribution is 2.29. The maximum absolute atomic E-state index is 12.3. The summed E-state index contributed by atoms with van der Waals surface area (Å²) in [5, 5.41) is 13.3. The van der Waals surface area contributed by atoms with Gasteiger partial charge in [-0.3, -0.25) is 4.99 Å². The highest BCUT2D eigenvalue weighted by atomic mass is 16.5. The first kappa shape index (κ1) is 18.7. The standard InChI is InChI=1S/C22H21N3O4/c1-13(23-22(28)29-12-14-7-3-2-4-8-14)19-20-16(11-18(25-19)21(26)27)15-9-5-6-10-17(15)24-20/h2-10,13,18,24H,11-12H2,1H3,(H,23,28)(H,26,27). The molecule has 0 radical (unpaired) electrons. The number of carbonyl (C=O) groups is 2. The lowest BCUT2D eigenvalue weighted by atomic mass is 9.94. The molecule has 3 aromatic rings. The molecule has 2 heterocycles. The maximum Gasteiger partial charge on any atom is 0.407 e. The average molecular weight is 391 g/mol. The topological polar surface area (TPSA) is 104 Å². The molecule has 0 spiro atoms. The molecule has 0 bridgehead atoms. The number of rotatable bonds is 5. The molecule has 4 rings (SSSR count). The van der Waals surface area contributed by atoms with E-state index in [2.05, 4.69) is 15.3 Å². The lowest BCUT2D eigenvalue weighted by Crippen LogP contribution is -2.42. The second-order valence-corrected chi connectivity index (χ2v) is 7.02. The molecule has 1 aliphatic rings. The van der Waals surface area contributed by atoms with Crippen molar-refractivity contribution in [3.63, 3.8) is 0 Å². The van der Waals surface area contributed by atoms with Gasteiger partial charge in [0.25, 0.3) is 0 Å². The van der Waals surface area contributed by atoms with Crippen LogP contribution in [0, 0.1) is 0 Å². The summed E-state index contributed by atoms with van der Waals surface area (Å²) in [6, 6.07) is 15.7. The number of fused-ring (bicyclic) bond motifs is 3. The SMILES string of the molecule is CC(NC(=O)OCc1ccccc1)C1=NC(C(=O)O)Cc2c1[nH]c1ccccc21. The molecule has 2 atom stereocenters. The van der Waals surface area contributed by atoms with Crippen molar-refractivity contribution < 1.29 is 19.4 Å². The van der Waals surface area contributed by atoms with Gasteiger partial charge in [0.15, 0.2) is 6.04 Å². The molecular weight excluding hydrogens is 370 g/mol. The van der Waals surface area contributed by atoms with Crippen LogP contribution in [0.4, 0.5) is 4.79 Å². The number of hydrogen-bond acceptors (Lipinski definition) is 4. The van der Waals surface area contributed by atoms with Crippen LogP contribution in [0.15, 0.2) is 59.6 Å². The van der Waals surface area contributed by atoms with Crippen molar-refractivity contribution in [2.75, 3.05) is 0 Å². The van der Waals surface area contributed by atoms with E-state index in [4.69, 9.17) is 4.74 Å². The number of alkyl carbamates (subject to hydrolysis) is 1. The fourth-order valence-electron chi connectivity index (χ4n) is 3.58. The molecule has 0 saturated carbocycles. The van der Waals surface area contributed by atoms with Crippen molar-refractivity contribution in [1.29, 1.82) is 0 Å². The largest absolute Gasteiger partial charge is 0.480 e. The molecule has 0 aliphatic carbocycles. The number of aliphatic imine (C=N–C) groups is 1. The minimum Gasteiger partial charge on any atom is -0.480 e. The van der Waals surface area contributed by atoms with E-state index in [1.807, 2.05) is 54.6 Å². The van der Waals surface area contributed by atoms with Crippen LogP contribution in [0.3, 0.4) is 0 Å². The van der Waals surface area contributed by atoms with E-state index in [0.29, 0.717) is 12.1 Å². The van der Waals surface area contributed by atoms with Gasteiger partial charge in [0, 0.05) is 17.3 Å². The Morgan fingerprint density at radius 3 is 2.69 bits per heavy atom. The van der Waals surface area contributed by atoms with Crippen LogP contribution in [0.25, 0.3) is 10.9 Å². The Morgan fingerprint density at radius 1 is 1.21 bits per heavy atom. The average Bonchev–Trinajstić information content (AvgIpc) is 3.11. The van der Waals surface area contributed by atoms with Gasteiger partial charge in [-0.2, -0.15) is 0 Å². The fourth-order valence-corrected chi connectivity index (χ4v) is 3.58. The quantitative estimate of drug-likeness (QED) is 0.621. The van der Waals surface area contributed by atoms with Crippen LogP contribution in [-0.4, -0.2) is 39.9 Å². The first-order chi connectivity index (χ1) is 14.0. The van der Waals surface area contributed by atoms with Gasteiger partial charge in [-0.1, -0.05) is 48.5 Å². The van der Waals surface area contributed by atoms with Crippen molar-refractivity contribution >= 4 is 28.7 Å². The van der Waals surface area contributed by atoms with Crippen molar-refractivity contribution in [2.24, 2.45) is 4.99 Å². The van der Waals surface area contributed by atoms with Crippen molar-refractivity contribution in [3.8, 4) is 0 Å². The number of hydrogen-bond donors (Lipinski definition) is 3. The zero-order valence-electron chi connectivity index (χ0n) is 15.9. The van der Waals surface area contributed by atoms with E-state index in [9.17, 15) is 14.7 Å². The number of aromatic nitrogens is 1. The highest BCUT2D eigenvalue weighted by molar-refractivity contribution is 6.10. The molecule has 0 fully saturated rings. The number of benzene rings is 2. The van der Waals surface area contributed by atoms with E-state index in [-0.39, 0.29) is 6.61 Å². The van der Waals surface area contributed by atoms with Gasteiger partial charge in [0.2, 0.25) is 0 Å². The summed E-state index contributed by atoms with van der Waals surface area (Å²) in [5.74, 6) is -0.989. The molecule has 0 saturated heterocycles. The summed E-state index contributed by atoms with van der Waals surface area (Å²) in [4.78, 5) is 31.6. The lowest BCUT2D eigenvalue weighted by Gasteiger charge is -2.23. The third kappa shape index (κ3) is 3.85. The van der Waals surface area contributed by atoms with E-state index in [1.165, 1.54) is 0 Å². The smallest absolute Gasteiger partial charge is 0.407 e. The summed E-state index contributed by atoms with van der Waals surface area (Å²) >= 11 is 0. The minimum absolute atomic E-state index is 0.154. The monoisotopic (exact) mass is 391 g/mol. The number of para-hydroxylation sites is 1. The van der Waals surface area contributed by atoms with Crippen LogP contribution in [0.5, 0.6) is 0 Å². The van der Waals surface area contributed by atoms with Crippen LogP contribution in [0.1, 0.15) is 23.7 Å². The zero-order valence-corrected chi connectivity index (χ0v) is 15.9. The Hall–Kier alpha value is -3.61. The molecule has 7 heteroatoms. The van der Waals surface area contributed by atoms with Gasteiger partial charge < -0.3 is 20.1 Å². The van der Waals surface area contributed by atoms with Gasteiger partial charge in [-0.15, -0.1) is 0 Å². The molecule has 7 nitrogen and oxygen atoms in total. The number of nitrogens with one attached hydrogen (secondary N) is 2. The highest BCUT2D eigenvalue weighted by Gasteiger charge is 2.31. The zero-order chi connectivity index (χ0) is 20.4. The van der Waals surface area contributed by atoms with Gasteiger partial charge in [-0.05, 0) is 24.1 Å². The summed E-state index contributed by atoms with van der Waals surface area (Å²) in [5.41, 5.74) is 3.97. The fraction of sp³-hybridized carbons (Fsp3) is 0.227. The normalized spacial score (nSPS) is 16.6. The molecule has 3 N–H and O–H groups in total. The molecule has 2 unspecified atom stereocenters. The third-order valence-corrected chi connectivity index (χ3v) is 5.00. The summed E-state index contributed by atoms with van der Waals surface area (Å²) in [7, 11) is 0. The molecule has 1 amide bonds. The maximum atomic E-state index is 12.3. The number of aromatic amines is 1. The van der Waals surface area contributed by atoms with Crippen LogP contribution in [0.2, 0.25) is 0 Å².